The van der Waals surface area contributed by atoms with Gasteiger partial charge in [-0.1, -0.05) is 31.2 Å². The number of hydrogen-bond acceptors (Lipinski definition) is 4. The summed E-state index contributed by atoms with van der Waals surface area (Å²) in [6, 6.07) is 7.95. The van der Waals surface area contributed by atoms with Crippen molar-refractivity contribution >= 4 is 22.1 Å². The Bertz CT molecular complexity index is 684. The minimum Gasteiger partial charge on any atom is -0.273 e. The first kappa shape index (κ1) is 18.6. The maximum Gasteiger partial charge on any atom is 0.244 e. The van der Waals surface area contributed by atoms with Gasteiger partial charge in [0, 0.05) is 13.1 Å². The van der Waals surface area contributed by atoms with Crippen molar-refractivity contribution in [3.63, 3.8) is 0 Å². The first-order valence-corrected chi connectivity index (χ1v) is 9.97. The third-order valence-corrected chi connectivity index (χ3v) is 6.14. The summed E-state index contributed by atoms with van der Waals surface area (Å²) in [5.74, 6) is -0.514. The highest BCUT2D eigenvalue weighted by molar-refractivity contribution is 7.89. The predicted octanol–water partition coefficient (Wildman–Crippen LogP) is 1.76. The molecule has 1 amide bonds. The minimum absolute atomic E-state index is 0.0627. The molecule has 0 bridgehead atoms. The van der Waals surface area contributed by atoms with Crippen LogP contribution in [0, 0.1) is 5.92 Å². The van der Waals surface area contributed by atoms with Crippen molar-refractivity contribution in [1.29, 1.82) is 0 Å². The molecule has 24 heavy (non-hydrogen) atoms. The van der Waals surface area contributed by atoms with Crippen LogP contribution in [0.4, 0.5) is 0 Å². The summed E-state index contributed by atoms with van der Waals surface area (Å²) in [6.45, 7) is 4.44. The molecule has 1 atom stereocenters. The lowest BCUT2D eigenvalue weighted by molar-refractivity contribution is -0.126. The zero-order valence-corrected chi connectivity index (χ0v) is 15.1. The van der Waals surface area contributed by atoms with E-state index in [1.165, 1.54) is 9.87 Å². The van der Waals surface area contributed by atoms with E-state index >= 15 is 0 Å². The van der Waals surface area contributed by atoms with E-state index in [2.05, 4.69) is 17.5 Å². The van der Waals surface area contributed by atoms with Crippen molar-refractivity contribution in [3.05, 3.63) is 35.4 Å². The number of nitrogens with one attached hydrogen (secondary N) is 1. The second-order valence-corrected chi connectivity index (χ2v) is 8.18. The Morgan fingerprint density at radius 2 is 2.04 bits per heavy atom. The Hall–Kier alpha value is -1.73. The number of sulfonamides is 1. The van der Waals surface area contributed by atoms with Crippen LogP contribution in [0.5, 0.6) is 0 Å². The van der Waals surface area contributed by atoms with Crippen molar-refractivity contribution in [2.24, 2.45) is 11.0 Å². The van der Waals surface area contributed by atoms with Gasteiger partial charge in [-0.25, -0.2) is 18.1 Å². The summed E-state index contributed by atoms with van der Waals surface area (Å²) in [7, 11) is -3.24. The Labute approximate surface area is 144 Å². The molecule has 0 saturated carbocycles. The van der Waals surface area contributed by atoms with Gasteiger partial charge in [-0.2, -0.15) is 5.10 Å². The third-order valence-electron chi connectivity index (χ3n) is 4.29. The van der Waals surface area contributed by atoms with Gasteiger partial charge in [-0.15, -0.1) is 0 Å². The van der Waals surface area contributed by atoms with Gasteiger partial charge in [0.2, 0.25) is 15.9 Å². The molecular formula is C17H25N3O3S. The van der Waals surface area contributed by atoms with Gasteiger partial charge in [0.05, 0.1) is 17.9 Å². The number of carbonyl (C=O) groups is 1. The second kappa shape index (κ2) is 8.39. The molecule has 1 heterocycles. The van der Waals surface area contributed by atoms with Crippen LogP contribution in [0.2, 0.25) is 0 Å². The predicted molar refractivity (Wildman–Crippen MR) is 95.3 cm³/mol. The SMILES string of the molecule is CCc1ccc(/C=N\NC(=O)[C@H]2CCCN(S(=O)(=O)CC)C2)cc1. The first-order chi connectivity index (χ1) is 11.5. The van der Waals surface area contributed by atoms with E-state index in [0.29, 0.717) is 19.4 Å². The zero-order chi connectivity index (χ0) is 17.6. The van der Waals surface area contributed by atoms with Gasteiger partial charge in [-0.05, 0) is 37.3 Å². The van der Waals surface area contributed by atoms with Crippen LogP contribution >= 0.6 is 0 Å². The number of piperidine rings is 1. The van der Waals surface area contributed by atoms with E-state index in [-0.39, 0.29) is 24.1 Å². The fraction of sp³-hybridized carbons (Fsp3) is 0.529. The van der Waals surface area contributed by atoms with Crippen molar-refractivity contribution in [1.82, 2.24) is 9.73 Å². The first-order valence-electron chi connectivity index (χ1n) is 8.36. The number of benzene rings is 1. The molecule has 132 valence electrons. The number of amides is 1. The van der Waals surface area contributed by atoms with Gasteiger partial charge < -0.3 is 0 Å². The summed E-state index contributed by atoms with van der Waals surface area (Å²) in [5.41, 5.74) is 4.68. The maximum absolute atomic E-state index is 12.2. The van der Waals surface area contributed by atoms with Crippen LogP contribution in [-0.2, 0) is 21.2 Å². The molecule has 1 aliphatic rings. The molecule has 0 radical (unpaired) electrons. The lowest BCUT2D eigenvalue weighted by atomic mass is 9.99. The molecule has 1 N–H and O–H groups in total. The molecule has 7 heteroatoms. The largest absolute Gasteiger partial charge is 0.273 e. The van der Waals surface area contributed by atoms with E-state index in [1.807, 2.05) is 24.3 Å². The molecule has 6 nitrogen and oxygen atoms in total. The molecule has 0 aromatic heterocycles. The van der Waals surface area contributed by atoms with Crippen molar-refractivity contribution in [2.75, 3.05) is 18.8 Å². The van der Waals surface area contributed by atoms with E-state index in [4.69, 9.17) is 0 Å². The van der Waals surface area contributed by atoms with Crippen LogP contribution in [0.1, 0.15) is 37.8 Å². The van der Waals surface area contributed by atoms with Crippen molar-refractivity contribution in [2.45, 2.75) is 33.1 Å². The van der Waals surface area contributed by atoms with Gasteiger partial charge in [-0.3, -0.25) is 4.79 Å². The van der Waals surface area contributed by atoms with Crippen LogP contribution in [0.15, 0.2) is 29.4 Å². The van der Waals surface area contributed by atoms with Crippen LogP contribution in [0.3, 0.4) is 0 Å². The molecule has 1 aliphatic heterocycles. The van der Waals surface area contributed by atoms with Gasteiger partial charge in [0.25, 0.3) is 0 Å². The molecular weight excluding hydrogens is 326 g/mol. The number of rotatable bonds is 6. The quantitative estimate of drug-likeness (QED) is 0.626. The average molecular weight is 351 g/mol. The number of hydrogen-bond donors (Lipinski definition) is 1. The number of carbonyl (C=O) groups excluding carboxylic acids is 1. The van der Waals surface area contributed by atoms with Gasteiger partial charge in [0.15, 0.2) is 0 Å². The van der Waals surface area contributed by atoms with Crippen molar-refractivity contribution in [3.8, 4) is 0 Å². The molecule has 1 aromatic carbocycles. The lowest BCUT2D eigenvalue weighted by Crippen LogP contribution is -2.45. The lowest BCUT2D eigenvalue weighted by Gasteiger charge is -2.30. The number of hydrazone groups is 1. The second-order valence-electron chi connectivity index (χ2n) is 5.93. The molecule has 0 spiro atoms. The summed E-state index contributed by atoms with van der Waals surface area (Å²) < 4.78 is 25.3. The van der Waals surface area contributed by atoms with Crippen molar-refractivity contribution < 1.29 is 13.2 Å². The molecule has 2 rings (SSSR count). The van der Waals surface area contributed by atoms with E-state index < -0.39 is 10.0 Å². The topological polar surface area (TPSA) is 78.8 Å². The van der Waals surface area contributed by atoms with Crippen LogP contribution in [0.25, 0.3) is 0 Å². The maximum atomic E-state index is 12.2. The summed E-state index contributed by atoms with van der Waals surface area (Å²) in [5, 5.41) is 3.99. The average Bonchev–Trinajstić information content (AvgIpc) is 2.62. The van der Waals surface area contributed by atoms with Crippen LogP contribution in [-0.4, -0.2) is 43.7 Å². The van der Waals surface area contributed by atoms with E-state index in [0.717, 1.165) is 12.0 Å². The van der Waals surface area contributed by atoms with E-state index in [1.54, 1.807) is 13.1 Å². The Morgan fingerprint density at radius 3 is 2.67 bits per heavy atom. The summed E-state index contributed by atoms with van der Waals surface area (Å²) in [6.07, 6.45) is 3.95. The standard InChI is InChI=1S/C17H25N3O3S/c1-3-14-7-9-15(10-8-14)12-18-19-17(21)16-6-5-11-20(13-16)24(22,23)4-2/h7-10,12,16H,3-6,11,13H2,1-2H3,(H,19,21)/b18-12-/t16-/m0/s1. The van der Waals surface area contributed by atoms with E-state index in [9.17, 15) is 13.2 Å². The number of aryl methyl sites for hydroxylation is 1. The highest BCUT2D eigenvalue weighted by Gasteiger charge is 2.31. The molecule has 0 unspecified atom stereocenters. The zero-order valence-electron chi connectivity index (χ0n) is 14.2. The normalized spacial score (nSPS) is 19.5. The fourth-order valence-electron chi connectivity index (χ4n) is 2.69. The molecule has 1 saturated heterocycles. The molecule has 1 fully saturated rings. The monoisotopic (exact) mass is 351 g/mol. The van der Waals surface area contributed by atoms with Crippen LogP contribution < -0.4 is 5.43 Å². The Balaban J connectivity index is 1.90. The minimum atomic E-state index is -3.24. The van der Waals surface area contributed by atoms with Gasteiger partial charge in [0.1, 0.15) is 0 Å². The highest BCUT2D eigenvalue weighted by Crippen LogP contribution is 2.19. The Kier molecular flexibility index (Phi) is 6.51. The third kappa shape index (κ3) is 4.88. The molecule has 1 aromatic rings. The van der Waals surface area contributed by atoms with Gasteiger partial charge >= 0.3 is 0 Å². The summed E-state index contributed by atoms with van der Waals surface area (Å²) >= 11 is 0. The fourth-order valence-corrected chi connectivity index (χ4v) is 3.87. The highest BCUT2D eigenvalue weighted by atomic mass is 32.2. The Morgan fingerprint density at radius 1 is 1.33 bits per heavy atom. The molecule has 0 aliphatic carbocycles. The number of nitrogens with zero attached hydrogens (tertiary/aromatic N) is 2. The smallest absolute Gasteiger partial charge is 0.244 e. The summed E-state index contributed by atoms with van der Waals surface area (Å²) in [4.78, 5) is 12.2.